The molecule has 2 amide bonds. The first-order chi connectivity index (χ1) is 10.1. The Kier molecular flexibility index (Phi) is 4.67. The van der Waals surface area contributed by atoms with Crippen LogP contribution in [0.1, 0.15) is 46.5 Å². The van der Waals surface area contributed by atoms with E-state index in [0.717, 1.165) is 25.7 Å². The number of alkyl carbamates (subject to hydrolysis) is 1. The van der Waals surface area contributed by atoms with Crippen molar-refractivity contribution in [3.8, 4) is 0 Å². The maximum atomic E-state index is 11.8. The number of aliphatic hydroxyl groups is 1. The molecule has 1 heterocycles. The Morgan fingerprint density at radius 2 is 1.95 bits per heavy atom. The lowest BCUT2D eigenvalue weighted by molar-refractivity contribution is -0.207. The maximum absolute atomic E-state index is 11.8. The highest BCUT2D eigenvalue weighted by Gasteiger charge is 2.53. The number of primary amides is 1. The predicted octanol–water partition coefficient (Wildman–Crippen LogP) is 0.559. The summed E-state index contributed by atoms with van der Waals surface area (Å²) in [6, 6.07) is 0.0814. The van der Waals surface area contributed by atoms with Gasteiger partial charge in [-0.05, 0) is 46.5 Å². The normalized spacial score (nSPS) is 32.4. The van der Waals surface area contributed by atoms with Crippen molar-refractivity contribution in [1.82, 2.24) is 10.2 Å². The van der Waals surface area contributed by atoms with Crippen LogP contribution in [0.5, 0.6) is 0 Å². The molecule has 0 radical (unpaired) electrons. The summed E-state index contributed by atoms with van der Waals surface area (Å²) in [5, 5.41) is 13.1. The van der Waals surface area contributed by atoms with Gasteiger partial charge in [-0.15, -0.1) is 0 Å². The van der Waals surface area contributed by atoms with Crippen LogP contribution in [0.15, 0.2) is 0 Å². The molecule has 0 aromatic rings. The summed E-state index contributed by atoms with van der Waals surface area (Å²) in [6.45, 7) is 6.29. The Morgan fingerprint density at radius 1 is 1.36 bits per heavy atom. The van der Waals surface area contributed by atoms with Crippen molar-refractivity contribution in [2.75, 3.05) is 13.1 Å². The zero-order valence-electron chi connectivity index (χ0n) is 13.6. The molecule has 4 N–H and O–H groups in total. The number of rotatable bonds is 3. The number of likely N-dealkylation sites (tertiary alicyclic amines) is 1. The minimum atomic E-state index is -0.609. The first-order valence-electron chi connectivity index (χ1n) is 7.81. The molecule has 1 aliphatic carbocycles. The SMILES string of the molecule is CC(C)(C)OC(=O)NC1CCC2(CC1)CN(CC(N)=O)C2O. The van der Waals surface area contributed by atoms with Crippen LogP contribution in [0.4, 0.5) is 4.79 Å². The molecule has 1 unspecified atom stereocenters. The van der Waals surface area contributed by atoms with Crippen LogP contribution < -0.4 is 11.1 Å². The fraction of sp³-hybridized carbons (Fsp3) is 0.867. The van der Waals surface area contributed by atoms with E-state index in [1.807, 2.05) is 20.8 Å². The number of carbonyl (C=O) groups is 2. The molecule has 1 saturated carbocycles. The summed E-state index contributed by atoms with van der Waals surface area (Å²) in [5.41, 5.74) is 4.51. The van der Waals surface area contributed by atoms with Gasteiger partial charge in [0.25, 0.3) is 0 Å². The molecule has 126 valence electrons. The second-order valence-corrected chi connectivity index (χ2v) is 7.53. The molecular formula is C15H27N3O4. The van der Waals surface area contributed by atoms with Gasteiger partial charge in [0.2, 0.25) is 5.91 Å². The molecule has 2 fully saturated rings. The third kappa shape index (κ3) is 3.89. The summed E-state index contributed by atoms with van der Waals surface area (Å²) in [4.78, 5) is 24.4. The summed E-state index contributed by atoms with van der Waals surface area (Å²) in [6.07, 6.45) is 2.26. The smallest absolute Gasteiger partial charge is 0.407 e. The molecule has 7 heteroatoms. The van der Waals surface area contributed by atoms with Gasteiger partial charge in [0.05, 0.1) is 6.54 Å². The number of nitrogens with two attached hydrogens (primary N) is 1. The van der Waals surface area contributed by atoms with Crippen molar-refractivity contribution < 1.29 is 19.4 Å². The first kappa shape index (κ1) is 17.0. The van der Waals surface area contributed by atoms with Crippen LogP contribution in [-0.2, 0) is 9.53 Å². The Balaban J connectivity index is 1.77. The number of nitrogens with one attached hydrogen (secondary N) is 1. The predicted molar refractivity (Wildman–Crippen MR) is 80.8 cm³/mol. The van der Waals surface area contributed by atoms with Gasteiger partial charge >= 0.3 is 6.09 Å². The summed E-state index contributed by atoms with van der Waals surface area (Å²) in [7, 11) is 0. The molecule has 1 atom stereocenters. The van der Waals surface area contributed by atoms with E-state index in [1.54, 1.807) is 4.90 Å². The van der Waals surface area contributed by atoms with E-state index in [9.17, 15) is 14.7 Å². The molecule has 22 heavy (non-hydrogen) atoms. The highest BCUT2D eigenvalue weighted by molar-refractivity contribution is 5.76. The van der Waals surface area contributed by atoms with E-state index >= 15 is 0 Å². The van der Waals surface area contributed by atoms with Crippen molar-refractivity contribution in [3.63, 3.8) is 0 Å². The summed E-state index contributed by atoms with van der Waals surface area (Å²) in [5.74, 6) is -0.422. The number of nitrogens with zero attached hydrogens (tertiary/aromatic N) is 1. The lowest BCUT2D eigenvalue weighted by atomic mass is 9.66. The van der Waals surface area contributed by atoms with Gasteiger partial charge in [0.15, 0.2) is 0 Å². The number of aliphatic hydroxyl groups excluding tert-OH is 1. The molecule has 2 rings (SSSR count). The van der Waals surface area contributed by atoms with E-state index in [2.05, 4.69) is 5.32 Å². The summed E-state index contributed by atoms with van der Waals surface area (Å²) >= 11 is 0. The van der Waals surface area contributed by atoms with E-state index in [-0.39, 0.29) is 18.0 Å². The monoisotopic (exact) mass is 313 g/mol. The fourth-order valence-corrected chi connectivity index (χ4v) is 3.42. The Labute approximate surface area is 131 Å². The zero-order valence-corrected chi connectivity index (χ0v) is 13.6. The summed E-state index contributed by atoms with van der Waals surface area (Å²) < 4.78 is 5.26. The van der Waals surface area contributed by atoms with Crippen LogP contribution in [0, 0.1) is 5.41 Å². The second-order valence-electron chi connectivity index (χ2n) is 7.53. The Bertz CT molecular complexity index is 439. The average Bonchev–Trinajstić information content (AvgIpc) is 2.37. The molecule has 0 aromatic heterocycles. The third-order valence-electron chi connectivity index (χ3n) is 4.47. The van der Waals surface area contributed by atoms with Gasteiger partial charge in [0, 0.05) is 18.0 Å². The van der Waals surface area contributed by atoms with Crippen LogP contribution in [0.25, 0.3) is 0 Å². The Hall–Kier alpha value is -1.34. The standard InChI is InChI=1S/C15H27N3O4/c1-14(2,3)22-13(21)17-10-4-6-15(7-5-10)9-18(12(15)20)8-11(16)19/h10,12,20H,4-9H2,1-3H3,(H2,16,19)(H,17,21). The van der Waals surface area contributed by atoms with Crippen LogP contribution in [-0.4, -0.2) is 53.0 Å². The molecule has 2 aliphatic rings. The molecule has 7 nitrogen and oxygen atoms in total. The van der Waals surface area contributed by atoms with Crippen molar-refractivity contribution in [2.45, 2.75) is 64.3 Å². The highest BCUT2D eigenvalue weighted by Crippen LogP contribution is 2.47. The zero-order chi connectivity index (χ0) is 16.5. The number of carbonyl (C=O) groups excluding carboxylic acids is 2. The topological polar surface area (TPSA) is 105 Å². The number of amides is 2. The fourth-order valence-electron chi connectivity index (χ4n) is 3.42. The Morgan fingerprint density at radius 3 is 2.41 bits per heavy atom. The van der Waals surface area contributed by atoms with Crippen LogP contribution in [0.2, 0.25) is 0 Å². The maximum Gasteiger partial charge on any atom is 0.407 e. The van der Waals surface area contributed by atoms with Gasteiger partial charge in [-0.2, -0.15) is 0 Å². The molecule has 1 aliphatic heterocycles. The van der Waals surface area contributed by atoms with E-state index < -0.39 is 23.8 Å². The van der Waals surface area contributed by atoms with E-state index in [1.165, 1.54) is 0 Å². The van der Waals surface area contributed by atoms with Crippen molar-refractivity contribution in [1.29, 1.82) is 0 Å². The van der Waals surface area contributed by atoms with Crippen molar-refractivity contribution >= 4 is 12.0 Å². The minimum absolute atomic E-state index is 0.0814. The lowest BCUT2D eigenvalue weighted by Crippen LogP contribution is -2.67. The number of hydrogen-bond acceptors (Lipinski definition) is 5. The molecule has 1 saturated heterocycles. The number of ether oxygens (including phenoxy) is 1. The second kappa shape index (κ2) is 6.04. The molecule has 1 spiro atoms. The highest BCUT2D eigenvalue weighted by atomic mass is 16.6. The quantitative estimate of drug-likeness (QED) is 0.706. The van der Waals surface area contributed by atoms with Crippen LogP contribution in [0.3, 0.4) is 0 Å². The van der Waals surface area contributed by atoms with Gasteiger partial charge in [-0.1, -0.05) is 0 Å². The van der Waals surface area contributed by atoms with E-state index in [0.29, 0.717) is 6.54 Å². The van der Waals surface area contributed by atoms with Crippen molar-refractivity contribution in [2.24, 2.45) is 11.1 Å². The van der Waals surface area contributed by atoms with Gasteiger partial charge in [0.1, 0.15) is 11.8 Å². The van der Waals surface area contributed by atoms with Crippen molar-refractivity contribution in [3.05, 3.63) is 0 Å². The minimum Gasteiger partial charge on any atom is -0.444 e. The average molecular weight is 313 g/mol. The molecular weight excluding hydrogens is 286 g/mol. The van der Waals surface area contributed by atoms with Gasteiger partial charge in [-0.25, -0.2) is 4.79 Å². The molecule has 0 bridgehead atoms. The van der Waals surface area contributed by atoms with E-state index in [4.69, 9.17) is 10.5 Å². The largest absolute Gasteiger partial charge is 0.444 e. The first-order valence-corrected chi connectivity index (χ1v) is 7.81. The molecule has 0 aromatic carbocycles. The third-order valence-corrected chi connectivity index (χ3v) is 4.47. The van der Waals surface area contributed by atoms with Crippen LogP contribution >= 0.6 is 0 Å². The van der Waals surface area contributed by atoms with Gasteiger partial charge in [-0.3, -0.25) is 9.69 Å². The lowest BCUT2D eigenvalue weighted by Gasteiger charge is -2.57. The van der Waals surface area contributed by atoms with Gasteiger partial charge < -0.3 is 20.9 Å². The number of hydrogen-bond donors (Lipinski definition) is 3.